The molecule has 1 fully saturated rings. The fourth-order valence-corrected chi connectivity index (χ4v) is 3.99. The average molecular weight is 401 g/mol. The van der Waals surface area contributed by atoms with Crippen LogP contribution < -0.4 is 10.6 Å². The summed E-state index contributed by atoms with van der Waals surface area (Å²) < 4.78 is 0. The summed E-state index contributed by atoms with van der Waals surface area (Å²) in [4.78, 5) is 15.0. The zero-order chi connectivity index (χ0) is 19.8. The highest BCUT2D eigenvalue weighted by atomic mass is 32.1. The van der Waals surface area contributed by atoms with Crippen molar-refractivity contribution in [3.63, 3.8) is 0 Å². The third kappa shape index (κ3) is 6.29. The van der Waals surface area contributed by atoms with Gasteiger partial charge in [0.2, 0.25) is 0 Å². The number of guanidine groups is 1. The second-order valence-electron chi connectivity index (χ2n) is 7.25. The van der Waals surface area contributed by atoms with Crippen molar-refractivity contribution in [3.8, 4) is 0 Å². The molecule has 6 nitrogen and oxygen atoms in total. The number of rotatable bonds is 7. The SMILES string of the molecule is CCc1cnc(CNC(=NC)NCc2ccc(CN3CCN(C)CC3)cc2)s1. The van der Waals surface area contributed by atoms with Crippen LogP contribution in [0.15, 0.2) is 35.5 Å². The van der Waals surface area contributed by atoms with Gasteiger partial charge < -0.3 is 15.5 Å². The monoisotopic (exact) mass is 400 g/mol. The number of benzene rings is 1. The number of aromatic nitrogens is 1. The Morgan fingerprint density at radius 2 is 1.75 bits per heavy atom. The third-order valence-corrected chi connectivity index (χ3v) is 6.21. The van der Waals surface area contributed by atoms with Crippen LogP contribution in [0, 0.1) is 0 Å². The van der Waals surface area contributed by atoms with Crippen molar-refractivity contribution in [2.24, 2.45) is 4.99 Å². The lowest BCUT2D eigenvalue weighted by Gasteiger charge is -2.32. The van der Waals surface area contributed by atoms with Crippen LogP contribution in [0.5, 0.6) is 0 Å². The molecule has 0 unspecified atom stereocenters. The minimum absolute atomic E-state index is 0.703. The number of likely N-dealkylation sites (N-methyl/N-ethyl adjacent to an activating group) is 1. The highest BCUT2D eigenvalue weighted by Crippen LogP contribution is 2.13. The Labute approximate surface area is 172 Å². The summed E-state index contributed by atoms with van der Waals surface area (Å²) in [6.45, 7) is 9.28. The summed E-state index contributed by atoms with van der Waals surface area (Å²) >= 11 is 1.75. The maximum atomic E-state index is 4.44. The molecule has 1 aliphatic rings. The second-order valence-corrected chi connectivity index (χ2v) is 8.45. The van der Waals surface area contributed by atoms with Crippen molar-refractivity contribution >= 4 is 17.3 Å². The highest BCUT2D eigenvalue weighted by Gasteiger charge is 2.13. The lowest BCUT2D eigenvalue weighted by atomic mass is 10.1. The van der Waals surface area contributed by atoms with Crippen LogP contribution in [0.25, 0.3) is 0 Å². The van der Waals surface area contributed by atoms with Crippen LogP contribution in [0.1, 0.15) is 27.9 Å². The molecule has 0 radical (unpaired) electrons. The van der Waals surface area contributed by atoms with Crippen LogP contribution in [0.4, 0.5) is 0 Å². The maximum Gasteiger partial charge on any atom is 0.191 e. The molecule has 0 aliphatic carbocycles. The molecule has 0 atom stereocenters. The van der Waals surface area contributed by atoms with Crippen molar-refractivity contribution in [1.29, 1.82) is 0 Å². The summed E-state index contributed by atoms with van der Waals surface area (Å²) in [6, 6.07) is 8.90. The topological polar surface area (TPSA) is 55.8 Å². The molecule has 28 heavy (non-hydrogen) atoms. The van der Waals surface area contributed by atoms with E-state index in [1.807, 2.05) is 6.20 Å². The van der Waals surface area contributed by atoms with Crippen molar-refractivity contribution in [3.05, 3.63) is 51.5 Å². The van der Waals surface area contributed by atoms with Gasteiger partial charge in [-0.05, 0) is 24.6 Å². The Morgan fingerprint density at radius 1 is 1.07 bits per heavy atom. The lowest BCUT2D eigenvalue weighted by Crippen LogP contribution is -2.43. The molecule has 3 rings (SSSR count). The van der Waals surface area contributed by atoms with Crippen LogP contribution >= 0.6 is 11.3 Å². The van der Waals surface area contributed by atoms with Gasteiger partial charge in [0.25, 0.3) is 0 Å². The van der Waals surface area contributed by atoms with Gasteiger partial charge in [-0.1, -0.05) is 31.2 Å². The average Bonchev–Trinajstić information content (AvgIpc) is 3.19. The molecule has 2 heterocycles. The predicted molar refractivity (Wildman–Crippen MR) is 118 cm³/mol. The summed E-state index contributed by atoms with van der Waals surface area (Å²) in [6.07, 6.45) is 3.00. The van der Waals surface area contributed by atoms with Gasteiger partial charge in [0.05, 0.1) is 6.54 Å². The van der Waals surface area contributed by atoms with E-state index in [0.29, 0.717) is 6.54 Å². The van der Waals surface area contributed by atoms with Gasteiger partial charge in [0.15, 0.2) is 5.96 Å². The number of hydrogen-bond donors (Lipinski definition) is 2. The Balaban J connectivity index is 1.42. The summed E-state index contributed by atoms with van der Waals surface area (Å²) in [5, 5.41) is 7.81. The summed E-state index contributed by atoms with van der Waals surface area (Å²) in [7, 11) is 4.00. The fraction of sp³-hybridized carbons (Fsp3) is 0.524. The smallest absolute Gasteiger partial charge is 0.191 e. The lowest BCUT2D eigenvalue weighted by molar-refractivity contribution is 0.148. The summed E-state index contributed by atoms with van der Waals surface area (Å²) in [5.74, 6) is 0.801. The molecule has 7 heteroatoms. The van der Waals surface area contributed by atoms with Gasteiger partial charge >= 0.3 is 0 Å². The van der Waals surface area contributed by atoms with E-state index in [1.54, 1.807) is 18.4 Å². The van der Waals surface area contributed by atoms with Crippen molar-refractivity contribution in [2.45, 2.75) is 33.0 Å². The molecule has 0 saturated carbocycles. The van der Waals surface area contributed by atoms with Crippen LogP contribution in [-0.4, -0.2) is 61.0 Å². The second kappa shape index (κ2) is 10.5. The molecule has 1 aromatic heterocycles. The first-order chi connectivity index (χ1) is 13.7. The third-order valence-electron chi connectivity index (χ3n) is 5.07. The fourth-order valence-electron chi connectivity index (χ4n) is 3.19. The molecule has 2 N–H and O–H groups in total. The molecule has 0 bridgehead atoms. The van der Waals surface area contributed by atoms with Crippen molar-refractivity contribution in [2.75, 3.05) is 40.3 Å². The van der Waals surface area contributed by atoms with Crippen LogP contribution in [-0.2, 0) is 26.1 Å². The van der Waals surface area contributed by atoms with Gasteiger partial charge in [0.1, 0.15) is 5.01 Å². The molecule has 2 aromatic rings. The van der Waals surface area contributed by atoms with Gasteiger partial charge in [0, 0.05) is 57.4 Å². The predicted octanol–water partition coefficient (Wildman–Crippen LogP) is 2.32. The number of aryl methyl sites for hydroxylation is 1. The van der Waals surface area contributed by atoms with Gasteiger partial charge in [-0.25, -0.2) is 4.98 Å². The molecule has 1 aromatic carbocycles. The minimum Gasteiger partial charge on any atom is -0.352 e. The van der Waals surface area contributed by atoms with Crippen LogP contribution in [0.3, 0.4) is 0 Å². The Hall–Kier alpha value is -1.96. The molecule has 0 spiro atoms. The first-order valence-electron chi connectivity index (χ1n) is 10.0. The first kappa shape index (κ1) is 20.8. The van der Waals surface area contributed by atoms with Crippen molar-refractivity contribution < 1.29 is 0 Å². The van der Waals surface area contributed by atoms with E-state index >= 15 is 0 Å². The van der Waals surface area contributed by atoms with E-state index < -0.39 is 0 Å². The van der Waals surface area contributed by atoms with E-state index in [-0.39, 0.29) is 0 Å². The number of nitrogens with zero attached hydrogens (tertiary/aromatic N) is 4. The van der Waals surface area contributed by atoms with E-state index in [2.05, 4.69) is 68.6 Å². The largest absolute Gasteiger partial charge is 0.352 e. The number of hydrogen-bond acceptors (Lipinski definition) is 5. The molecule has 1 aliphatic heterocycles. The quantitative estimate of drug-likeness (QED) is 0.552. The Morgan fingerprint density at radius 3 is 2.39 bits per heavy atom. The van der Waals surface area contributed by atoms with Gasteiger partial charge in [-0.15, -0.1) is 11.3 Å². The molecule has 1 saturated heterocycles. The van der Waals surface area contributed by atoms with Crippen molar-refractivity contribution in [1.82, 2.24) is 25.4 Å². The van der Waals surface area contributed by atoms with E-state index in [1.165, 1.54) is 16.0 Å². The molecular formula is C21H32N6S. The number of piperazine rings is 1. The van der Waals surface area contributed by atoms with Crippen LogP contribution in [0.2, 0.25) is 0 Å². The van der Waals surface area contributed by atoms with E-state index in [9.17, 15) is 0 Å². The molecular weight excluding hydrogens is 368 g/mol. The zero-order valence-corrected chi connectivity index (χ0v) is 18.1. The van der Waals surface area contributed by atoms with Gasteiger partial charge in [-0.2, -0.15) is 0 Å². The minimum atomic E-state index is 0.703. The highest BCUT2D eigenvalue weighted by molar-refractivity contribution is 7.11. The van der Waals surface area contributed by atoms with E-state index in [4.69, 9.17) is 0 Å². The standard InChI is InChI=1S/C21H32N6S/c1-4-19-14-23-20(28-19)15-25-21(22-2)24-13-17-5-7-18(8-6-17)16-27-11-9-26(3)10-12-27/h5-8,14H,4,9-13,15-16H2,1-3H3,(H2,22,24,25). The molecule has 0 amide bonds. The Bertz CT molecular complexity index is 747. The zero-order valence-electron chi connectivity index (χ0n) is 17.2. The summed E-state index contributed by atoms with van der Waals surface area (Å²) in [5.41, 5.74) is 2.64. The number of nitrogens with one attached hydrogen (secondary N) is 2. The molecule has 152 valence electrons. The van der Waals surface area contributed by atoms with Gasteiger partial charge in [-0.3, -0.25) is 9.89 Å². The maximum absolute atomic E-state index is 4.44. The number of thiazole rings is 1. The van der Waals surface area contributed by atoms with E-state index in [0.717, 1.165) is 56.7 Å². The number of aliphatic imine (C=N–C) groups is 1. The first-order valence-corrected chi connectivity index (χ1v) is 10.8. The Kier molecular flexibility index (Phi) is 7.82. The normalized spacial score (nSPS) is 16.3.